The molecule has 0 unspecified atom stereocenters. The van der Waals surface area contributed by atoms with Crippen molar-refractivity contribution in [3.8, 4) is 11.1 Å². The minimum atomic E-state index is 0.178. The maximum atomic E-state index is 6.62. The van der Waals surface area contributed by atoms with Crippen molar-refractivity contribution in [3.63, 3.8) is 0 Å². The van der Waals surface area contributed by atoms with Crippen LogP contribution in [0.15, 0.2) is 48.0 Å². The van der Waals surface area contributed by atoms with Gasteiger partial charge in [0.15, 0.2) is 0 Å². The molecule has 2 aromatic carbocycles. The number of halogens is 1. The smallest absolute Gasteiger partial charge is 0.0486 e. The standard InChI is InChI=1S/C21H22Cl/c1-5-14-13-16-7-6-8-18(19(16)20(14)22)15-9-11-17(12-10-15)21(2,3)4/h6-13H,5H2,1-4H3. The maximum Gasteiger partial charge on any atom is 0.0486 e. The van der Waals surface area contributed by atoms with Crippen molar-refractivity contribution in [2.75, 3.05) is 0 Å². The van der Waals surface area contributed by atoms with Crippen molar-refractivity contribution in [3.05, 3.63) is 71.1 Å². The number of hydrogen-bond donors (Lipinski definition) is 0. The summed E-state index contributed by atoms with van der Waals surface area (Å²) in [5.41, 5.74) is 7.64. The summed E-state index contributed by atoms with van der Waals surface area (Å²) < 4.78 is 0. The van der Waals surface area contributed by atoms with Crippen LogP contribution in [0.4, 0.5) is 0 Å². The first-order chi connectivity index (χ1) is 10.4. The second-order valence-electron chi connectivity index (χ2n) is 6.93. The Morgan fingerprint density at radius 3 is 2.23 bits per heavy atom. The van der Waals surface area contributed by atoms with E-state index in [0.717, 1.165) is 11.5 Å². The molecule has 0 bridgehead atoms. The molecule has 22 heavy (non-hydrogen) atoms. The van der Waals surface area contributed by atoms with Crippen molar-refractivity contribution in [1.29, 1.82) is 0 Å². The van der Waals surface area contributed by atoms with Gasteiger partial charge in [-0.1, -0.05) is 81.8 Å². The second kappa shape index (κ2) is 5.59. The Bertz CT molecular complexity index is 727. The topological polar surface area (TPSA) is 0 Å². The van der Waals surface area contributed by atoms with E-state index in [9.17, 15) is 0 Å². The summed E-state index contributed by atoms with van der Waals surface area (Å²) in [5.74, 6) is 0. The normalized spacial score (nSPS) is 14.4. The summed E-state index contributed by atoms with van der Waals surface area (Å²) in [7, 11) is 0. The number of hydrogen-bond acceptors (Lipinski definition) is 0. The minimum Gasteiger partial charge on any atom is -0.0837 e. The van der Waals surface area contributed by atoms with Gasteiger partial charge < -0.3 is 0 Å². The average Bonchev–Trinajstić information content (AvgIpc) is 2.83. The van der Waals surface area contributed by atoms with E-state index in [0.29, 0.717) is 0 Å². The van der Waals surface area contributed by atoms with Crippen molar-refractivity contribution >= 4 is 16.6 Å². The first-order valence-corrected chi connectivity index (χ1v) is 8.27. The van der Waals surface area contributed by atoms with Gasteiger partial charge >= 0.3 is 0 Å². The van der Waals surface area contributed by atoms with Gasteiger partial charge in [-0.2, -0.15) is 0 Å². The van der Waals surface area contributed by atoms with E-state index in [-0.39, 0.29) is 5.41 Å². The summed E-state index contributed by atoms with van der Waals surface area (Å²) in [6, 6.07) is 15.3. The Morgan fingerprint density at radius 1 is 0.955 bits per heavy atom. The molecule has 2 aromatic rings. The van der Waals surface area contributed by atoms with E-state index in [1.807, 2.05) is 0 Å². The summed E-state index contributed by atoms with van der Waals surface area (Å²) in [4.78, 5) is 0. The van der Waals surface area contributed by atoms with Gasteiger partial charge in [0.25, 0.3) is 0 Å². The number of fused-ring (bicyclic) bond motifs is 1. The molecule has 3 rings (SSSR count). The highest BCUT2D eigenvalue weighted by molar-refractivity contribution is 6.51. The van der Waals surface area contributed by atoms with Gasteiger partial charge in [-0.15, -0.1) is 0 Å². The maximum absolute atomic E-state index is 6.62. The molecule has 0 N–H and O–H groups in total. The van der Waals surface area contributed by atoms with Crippen LogP contribution >= 0.6 is 11.6 Å². The quantitative estimate of drug-likeness (QED) is 0.588. The zero-order valence-corrected chi connectivity index (χ0v) is 14.5. The molecular formula is C21H22Cl. The first kappa shape index (κ1) is 15.4. The Balaban J connectivity index is 2.08. The zero-order chi connectivity index (χ0) is 15.9. The molecule has 1 aliphatic carbocycles. The molecule has 0 nitrogen and oxygen atoms in total. The molecule has 0 atom stereocenters. The molecule has 1 radical (unpaired) electrons. The van der Waals surface area contributed by atoms with E-state index in [1.54, 1.807) is 0 Å². The van der Waals surface area contributed by atoms with Crippen LogP contribution in [0.1, 0.15) is 50.8 Å². The highest BCUT2D eigenvalue weighted by Gasteiger charge is 2.23. The van der Waals surface area contributed by atoms with Crippen LogP contribution in [-0.4, -0.2) is 0 Å². The van der Waals surface area contributed by atoms with Crippen LogP contribution in [-0.2, 0) is 5.41 Å². The van der Waals surface area contributed by atoms with Crippen molar-refractivity contribution < 1.29 is 0 Å². The van der Waals surface area contributed by atoms with E-state index < -0.39 is 0 Å². The third-order valence-corrected chi connectivity index (χ3v) is 4.80. The molecule has 1 heteroatoms. The van der Waals surface area contributed by atoms with Gasteiger partial charge in [0.05, 0.1) is 0 Å². The lowest BCUT2D eigenvalue weighted by Crippen LogP contribution is -2.10. The van der Waals surface area contributed by atoms with Gasteiger partial charge in [-0.3, -0.25) is 0 Å². The first-order valence-electron chi connectivity index (χ1n) is 7.89. The fourth-order valence-electron chi connectivity index (χ4n) is 2.99. The van der Waals surface area contributed by atoms with E-state index in [1.165, 1.54) is 33.4 Å². The Hall–Kier alpha value is -1.53. The van der Waals surface area contributed by atoms with Gasteiger partial charge in [0.2, 0.25) is 0 Å². The Kier molecular flexibility index (Phi) is 3.91. The number of allylic oxidation sites excluding steroid dienone is 1. The van der Waals surface area contributed by atoms with E-state index in [2.05, 4.69) is 76.6 Å². The van der Waals surface area contributed by atoms with Crippen molar-refractivity contribution in [2.24, 2.45) is 0 Å². The van der Waals surface area contributed by atoms with Crippen LogP contribution in [0.5, 0.6) is 0 Å². The van der Waals surface area contributed by atoms with Crippen LogP contribution in [0.3, 0.4) is 0 Å². The number of rotatable bonds is 2. The lowest BCUT2D eigenvalue weighted by Gasteiger charge is -2.19. The third kappa shape index (κ3) is 2.61. The van der Waals surface area contributed by atoms with E-state index in [4.69, 9.17) is 11.6 Å². The summed E-state index contributed by atoms with van der Waals surface area (Å²) in [6.45, 7) is 8.87. The molecule has 0 fully saturated rings. The van der Waals surface area contributed by atoms with Gasteiger partial charge in [-0.05, 0) is 39.7 Å². The molecule has 0 spiro atoms. The molecule has 0 amide bonds. The molecule has 113 valence electrons. The molecule has 0 saturated heterocycles. The SMILES string of the molecule is CCC1=C(Cl)c2c(cccc2-c2ccc(C(C)(C)C)cc2)[CH]1. The van der Waals surface area contributed by atoms with Gasteiger partial charge in [-0.25, -0.2) is 0 Å². The molecule has 0 heterocycles. The summed E-state index contributed by atoms with van der Waals surface area (Å²) in [6.07, 6.45) is 3.18. The van der Waals surface area contributed by atoms with E-state index >= 15 is 0 Å². The van der Waals surface area contributed by atoms with Gasteiger partial charge in [0.1, 0.15) is 0 Å². The predicted molar refractivity (Wildman–Crippen MR) is 97.0 cm³/mol. The monoisotopic (exact) mass is 309 g/mol. The molecule has 0 saturated carbocycles. The fourth-order valence-corrected chi connectivity index (χ4v) is 3.39. The Morgan fingerprint density at radius 2 is 1.64 bits per heavy atom. The molecular weight excluding hydrogens is 288 g/mol. The molecule has 0 aliphatic heterocycles. The third-order valence-electron chi connectivity index (χ3n) is 4.37. The molecule has 0 aromatic heterocycles. The molecule has 1 aliphatic rings. The highest BCUT2D eigenvalue weighted by atomic mass is 35.5. The predicted octanol–water partition coefficient (Wildman–Crippen LogP) is 6.58. The van der Waals surface area contributed by atoms with Crippen LogP contribution in [0.2, 0.25) is 0 Å². The highest BCUT2D eigenvalue weighted by Crippen LogP contribution is 2.43. The minimum absolute atomic E-state index is 0.178. The van der Waals surface area contributed by atoms with Crippen molar-refractivity contribution in [2.45, 2.75) is 39.5 Å². The summed E-state index contributed by atoms with van der Waals surface area (Å²) in [5, 5.41) is 0.910. The summed E-state index contributed by atoms with van der Waals surface area (Å²) >= 11 is 6.62. The van der Waals surface area contributed by atoms with Crippen LogP contribution in [0, 0.1) is 6.42 Å². The Labute approximate surface area is 138 Å². The van der Waals surface area contributed by atoms with Gasteiger partial charge in [0, 0.05) is 17.0 Å². The largest absolute Gasteiger partial charge is 0.0837 e. The number of benzene rings is 2. The lowest BCUT2D eigenvalue weighted by molar-refractivity contribution is 0.590. The van der Waals surface area contributed by atoms with Crippen LogP contribution < -0.4 is 0 Å². The second-order valence-corrected chi connectivity index (χ2v) is 7.31. The zero-order valence-electron chi connectivity index (χ0n) is 13.7. The van der Waals surface area contributed by atoms with Crippen LogP contribution in [0.25, 0.3) is 16.2 Å². The lowest BCUT2D eigenvalue weighted by atomic mass is 9.86. The fraction of sp³-hybridized carbons (Fsp3) is 0.286. The average molecular weight is 310 g/mol. The van der Waals surface area contributed by atoms with Crippen molar-refractivity contribution in [1.82, 2.24) is 0 Å².